The molecule has 2 heterocycles. The number of ether oxygens (including phenoxy) is 3. The molecular weight excluding hydrogens is 338 g/mol. The first-order valence-corrected chi connectivity index (χ1v) is 7.91. The quantitative estimate of drug-likeness (QED) is 0.770. The van der Waals surface area contributed by atoms with Gasteiger partial charge in [-0.15, -0.1) is 5.10 Å². The maximum absolute atomic E-state index is 12.4. The number of methoxy groups -OCH3 is 1. The van der Waals surface area contributed by atoms with Crippen molar-refractivity contribution in [2.24, 2.45) is 0 Å². The molecule has 1 N–H and O–H groups in total. The second kappa shape index (κ2) is 6.75. The van der Waals surface area contributed by atoms with E-state index in [4.69, 9.17) is 18.6 Å². The third-order valence-corrected chi connectivity index (χ3v) is 3.80. The third-order valence-electron chi connectivity index (χ3n) is 3.80. The molecule has 1 atom stereocenters. The molecule has 1 aromatic heterocycles. The second-order valence-corrected chi connectivity index (χ2v) is 5.46. The molecule has 8 heteroatoms. The standard InChI is InChI=1S/C18H15N3O5/c1-23-12-7-3-2-6-11(12)16(22)19-18-21-20-17(26-18)15-10-24-13-8-4-5-9-14(13)25-15/h2-9,15H,10H2,1H3,(H,19,21,22). The average Bonchev–Trinajstić information content (AvgIpc) is 3.16. The van der Waals surface area contributed by atoms with Gasteiger partial charge in [0.15, 0.2) is 11.5 Å². The topological polar surface area (TPSA) is 95.7 Å². The summed E-state index contributed by atoms with van der Waals surface area (Å²) in [5.74, 6) is 1.51. The normalized spacial score (nSPS) is 15.3. The predicted molar refractivity (Wildman–Crippen MR) is 90.6 cm³/mol. The van der Waals surface area contributed by atoms with Gasteiger partial charge in [0, 0.05) is 0 Å². The molecule has 132 valence electrons. The molecule has 1 unspecified atom stereocenters. The number of benzene rings is 2. The number of hydrogen-bond acceptors (Lipinski definition) is 7. The molecule has 1 aliphatic rings. The molecule has 0 fully saturated rings. The van der Waals surface area contributed by atoms with E-state index in [1.54, 1.807) is 30.3 Å². The minimum Gasteiger partial charge on any atom is -0.496 e. The second-order valence-electron chi connectivity index (χ2n) is 5.46. The molecule has 8 nitrogen and oxygen atoms in total. The zero-order valence-electron chi connectivity index (χ0n) is 13.8. The first-order valence-electron chi connectivity index (χ1n) is 7.91. The predicted octanol–water partition coefficient (Wildman–Crippen LogP) is 2.84. The van der Waals surface area contributed by atoms with E-state index in [0.29, 0.717) is 22.8 Å². The van der Waals surface area contributed by atoms with Crippen molar-refractivity contribution in [1.82, 2.24) is 10.2 Å². The number of para-hydroxylation sites is 3. The van der Waals surface area contributed by atoms with Crippen LogP contribution in [0.25, 0.3) is 0 Å². The smallest absolute Gasteiger partial charge is 0.322 e. The number of anilines is 1. The van der Waals surface area contributed by atoms with Crippen LogP contribution in [-0.2, 0) is 0 Å². The molecular formula is C18H15N3O5. The van der Waals surface area contributed by atoms with Crippen LogP contribution in [-0.4, -0.2) is 29.8 Å². The highest BCUT2D eigenvalue weighted by molar-refractivity contribution is 6.05. The highest BCUT2D eigenvalue weighted by Crippen LogP contribution is 2.35. The van der Waals surface area contributed by atoms with Crippen molar-refractivity contribution in [2.45, 2.75) is 6.10 Å². The van der Waals surface area contributed by atoms with E-state index in [-0.39, 0.29) is 18.5 Å². The molecule has 0 bridgehead atoms. The molecule has 0 spiro atoms. The molecule has 26 heavy (non-hydrogen) atoms. The van der Waals surface area contributed by atoms with Crippen LogP contribution < -0.4 is 19.5 Å². The Morgan fingerprint density at radius 2 is 1.88 bits per heavy atom. The Kier molecular flexibility index (Phi) is 4.14. The summed E-state index contributed by atoms with van der Waals surface area (Å²) in [5, 5.41) is 10.3. The van der Waals surface area contributed by atoms with Gasteiger partial charge in [-0.3, -0.25) is 10.1 Å². The van der Waals surface area contributed by atoms with Crippen LogP contribution in [0.5, 0.6) is 17.2 Å². The van der Waals surface area contributed by atoms with Gasteiger partial charge in [0.2, 0.25) is 6.10 Å². The number of carbonyl (C=O) groups is 1. The first kappa shape index (κ1) is 15.9. The van der Waals surface area contributed by atoms with Gasteiger partial charge in [-0.1, -0.05) is 29.4 Å². The van der Waals surface area contributed by atoms with Gasteiger partial charge in [0.1, 0.15) is 12.4 Å². The summed E-state index contributed by atoms with van der Waals surface area (Å²) in [7, 11) is 1.50. The third kappa shape index (κ3) is 3.04. The lowest BCUT2D eigenvalue weighted by Gasteiger charge is -2.23. The summed E-state index contributed by atoms with van der Waals surface area (Å²) < 4.78 is 22.1. The van der Waals surface area contributed by atoms with E-state index in [1.807, 2.05) is 18.2 Å². The van der Waals surface area contributed by atoms with E-state index >= 15 is 0 Å². The minimum atomic E-state index is -0.547. The van der Waals surface area contributed by atoms with Crippen molar-refractivity contribution in [1.29, 1.82) is 0 Å². The highest BCUT2D eigenvalue weighted by atomic mass is 16.6. The van der Waals surface area contributed by atoms with E-state index in [9.17, 15) is 4.79 Å². The van der Waals surface area contributed by atoms with E-state index < -0.39 is 12.0 Å². The zero-order chi connectivity index (χ0) is 17.9. The number of hydrogen-bond donors (Lipinski definition) is 1. The maximum Gasteiger partial charge on any atom is 0.322 e. The number of nitrogens with zero attached hydrogens (tertiary/aromatic N) is 2. The molecule has 1 aliphatic heterocycles. The fourth-order valence-corrected chi connectivity index (χ4v) is 2.55. The number of amides is 1. The van der Waals surface area contributed by atoms with Gasteiger partial charge < -0.3 is 18.6 Å². The molecule has 4 rings (SSSR count). The van der Waals surface area contributed by atoms with Crippen LogP contribution in [0.15, 0.2) is 52.9 Å². The molecule has 1 amide bonds. The van der Waals surface area contributed by atoms with Crippen molar-refractivity contribution < 1.29 is 23.4 Å². The van der Waals surface area contributed by atoms with Crippen LogP contribution in [0.3, 0.4) is 0 Å². The van der Waals surface area contributed by atoms with Crippen molar-refractivity contribution in [3.05, 3.63) is 60.0 Å². The van der Waals surface area contributed by atoms with Gasteiger partial charge in [-0.2, -0.15) is 0 Å². The largest absolute Gasteiger partial charge is 0.496 e. The Bertz CT molecular complexity index is 940. The van der Waals surface area contributed by atoms with Gasteiger partial charge in [-0.25, -0.2) is 0 Å². The Morgan fingerprint density at radius 3 is 2.73 bits per heavy atom. The Morgan fingerprint density at radius 1 is 1.12 bits per heavy atom. The van der Waals surface area contributed by atoms with Crippen LogP contribution in [0.1, 0.15) is 22.4 Å². The van der Waals surface area contributed by atoms with E-state index in [1.165, 1.54) is 7.11 Å². The monoisotopic (exact) mass is 353 g/mol. The minimum absolute atomic E-state index is 0.0293. The molecule has 0 saturated heterocycles. The van der Waals surface area contributed by atoms with E-state index in [2.05, 4.69) is 15.5 Å². The van der Waals surface area contributed by atoms with Crippen LogP contribution >= 0.6 is 0 Å². The number of fused-ring (bicyclic) bond motifs is 1. The summed E-state index contributed by atoms with van der Waals surface area (Å²) in [4.78, 5) is 12.4. The van der Waals surface area contributed by atoms with Crippen LogP contribution in [0.4, 0.5) is 6.01 Å². The SMILES string of the molecule is COc1ccccc1C(=O)Nc1nnc(C2COc3ccccc3O2)o1. The van der Waals surface area contributed by atoms with Crippen LogP contribution in [0, 0.1) is 0 Å². The number of aromatic nitrogens is 2. The molecule has 0 aliphatic carbocycles. The zero-order valence-corrected chi connectivity index (χ0v) is 13.8. The molecule has 0 radical (unpaired) electrons. The fraction of sp³-hybridized carbons (Fsp3) is 0.167. The van der Waals surface area contributed by atoms with Crippen molar-refractivity contribution in [3.8, 4) is 17.2 Å². The Labute approximate surface area is 148 Å². The lowest BCUT2D eigenvalue weighted by Crippen LogP contribution is -2.21. The number of rotatable bonds is 4. The molecule has 3 aromatic rings. The van der Waals surface area contributed by atoms with Crippen molar-refractivity contribution >= 4 is 11.9 Å². The van der Waals surface area contributed by atoms with Gasteiger partial charge in [0.25, 0.3) is 11.8 Å². The Hall–Kier alpha value is -3.55. The van der Waals surface area contributed by atoms with Gasteiger partial charge in [-0.05, 0) is 24.3 Å². The van der Waals surface area contributed by atoms with Gasteiger partial charge in [0.05, 0.1) is 12.7 Å². The summed E-state index contributed by atoms with van der Waals surface area (Å²) in [6, 6.07) is 14.1. The summed E-state index contributed by atoms with van der Waals surface area (Å²) in [6.07, 6.45) is -0.547. The summed E-state index contributed by atoms with van der Waals surface area (Å²) >= 11 is 0. The first-order chi connectivity index (χ1) is 12.7. The summed E-state index contributed by atoms with van der Waals surface area (Å²) in [5.41, 5.74) is 0.362. The lowest BCUT2D eigenvalue weighted by molar-refractivity contribution is 0.0716. The lowest BCUT2D eigenvalue weighted by atomic mass is 10.2. The average molecular weight is 353 g/mol. The maximum atomic E-state index is 12.4. The number of nitrogens with one attached hydrogen (secondary N) is 1. The van der Waals surface area contributed by atoms with E-state index in [0.717, 1.165) is 0 Å². The highest BCUT2D eigenvalue weighted by Gasteiger charge is 2.27. The molecule has 0 saturated carbocycles. The van der Waals surface area contributed by atoms with Crippen molar-refractivity contribution in [3.63, 3.8) is 0 Å². The van der Waals surface area contributed by atoms with Crippen molar-refractivity contribution in [2.75, 3.05) is 19.0 Å². The van der Waals surface area contributed by atoms with Crippen LogP contribution in [0.2, 0.25) is 0 Å². The molecule has 2 aromatic carbocycles. The Balaban J connectivity index is 1.48. The fourth-order valence-electron chi connectivity index (χ4n) is 2.55. The van der Waals surface area contributed by atoms with Gasteiger partial charge >= 0.3 is 6.01 Å². The summed E-state index contributed by atoms with van der Waals surface area (Å²) in [6.45, 7) is 0.235. The number of carbonyl (C=O) groups excluding carboxylic acids is 1.